The van der Waals surface area contributed by atoms with Crippen molar-refractivity contribution in [3.8, 4) is 23.0 Å². The maximum absolute atomic E-state index is 13.0. The second-order valence-electron chi connectivity index (χ2n) is 34.1. The number of pyridine rings is 4. The highest BCUT2D eigenvalue weighted by Crippen LogP contribution is 2.53. The molecule has 30 heteroatoms. The summed E-state index contributed by atoms with van der Waals surface area (Å²) in [4.78, 5) is 86.5. The first-order chi connectivity index (χ1) is 65.9. The van der Waals surface area contributed by atoms with Crippen LogP contribution in [0.15, 0.2) is 238 Å². The van der Waals surface area contributed by atoms with Crippen molar-refractivity contribution in [2.24, 2.45) is 5.73 Å². The number of carbonyl (C=O) groups is 4. The Morgan fingerprint density at radius 2 is 0.578 bits per heavy atom. The number of aromatic carboxylic acids is 1. The number of aromatic hydroxyl groups is 4. The number of aromatic nitrogens is 4. The number of nitrogens with zero attached hydrogens (tertiary/aromatic N) is 12. The average Bonchev–Trinajstić information content (AvgIpc) is 1.66. The first-order valence-electron chi connectivity index (χ1n) is 46.0. The van der Waals surface area contributed by atoms with Gasteiger partial charge < -0.3 is 77.2 Å². The molecule has 135 heavy (non-hydrogen) atoms. The molecule has 0 bridgehead atoms. The number of esters is 3. The Bertz CT molecular complexity index is 6680. The van der Waals surface area contributed by atoms with Crippen molar-refractivity contribution in [1.29, 1.82) is 0 Å². The number of rotatable bonds is 23. The third kappa shape index (κ3) is 18.5. The lowest BCUT2D eigenvalue weighted by molar-refractivity contribution is 0.00685. The number of nitrogens with two attached hydrogens (primary N) is 1. The Labute approximate surface area is 779 Å². The molecule has 4 saturated heterocycles. The highest BCUT2D eigenvalue weighted by molar-refractivity contribution is 6.20. The Morgan fingerprint density at radius 1 is 0.341 bits per heavy atom. The highest BCUT2D eigenvalue weighted by Gasteiger charge is 2.41. The quantitative estimate of drug-likeness (QED) is 0.0178. The molecule has 4 aliphatic rings. The van der Waals surface area contributed by atoms with Crippen LogP contribution in [0.4, 0.5) is 0 Å². The number of carbonyl (C=O) groups excluding carboxylic acids is 3. The first kappa shape index (κ1) is 93.1. The Morgan fingerprint density at radius 3 is 0.822 bits per heavy atom. The maximum Gasteiger partial charge on any atom is 0.344 e. The SMILES string of the molecule is CCN1CCN(C(c2ccncc2)c2c(O)c3ccccc3c3occ(C(=O)O)c23)CC1.CCN1CCN(C(c2ccncc2)c2c(O)c3ccccc3c3occ(C(=O)OCN)c23)CC1.CCN1CCN(C(c2ccncc2)c2c(O)c3ccccc3c3occ(C(=O)OCO)c23)CC1.CCOC(=O)c1coc2c1c(C(c1ccncc1)N1CCN(C(C)C)CC1)c(O)c1ccccc12. The molecule has 8 aromatic carbocycles. The van der Waals surface area contributed by atoms with E-state index < -0.39 is 30.7 Å². The summed E-state index contributed by atoms with van der Waals surface area (Å²) in [6, 6.07) is 44.7. The maximum atomic E-state index is 13.0. The molecule has 16 aromatic rings. The van der Waals surface area contributed by atoms with Gasteiger partial charge >= 0.3 is 23.9 Å². The predicted octanol–water partition coefficient (Wildman–Crippen LogP) is 16.1. The normalized spacial score (nSPS) is 16.3. The largest absolute Gasteiger partial charge is 0.507 e. The van der Waals surface area contributed by atoms with E-state index in [1.165, 1.54) is 25.1 Å². The lowest BCUT2D eigenvalue weighted by atomic mass is 9.89. The Hall–Kier alpha value is -13.8. The van der Waals surface area contributed by atoms with Gasteiger partial charge in [0.25, 0.3) is 0 Å². The van der Waals surface area contributed by atoms with Gasteiger partial charge in [0, 0.05) is 247 Å². The van der Waals surface area contributed by atoms with Gasteiger partial charge in [0.05, 0.1) is 30.8 Å². The molecule has 12 heterocycles. The molecule has 30 nitrogen and oxygen atoms in total. The molecule has 0 amide bonds. The number of hydrogen-bond donors (Lipinski definition) is 7. The number of carboxylic acids is 1. The molecule has 4 atom stereocenters. The van der Waals surface area contributed by atoms with Crippen LogP contribution in [0.2, 0.25) is 0 Å². The topological polar surface area (TPSA) is 373 Å². The second-order valence-corrected chi connectivity index (χ2v) is 34.1. The van der Waals surface area contributed by atoms with Crippen LogP contribution < -0.4 is 5.73 Å². The van der Waals surface area contributed by atoms with E-state index in [4.69, 9.17) is 37.6 Å². The number of ether oxygens (including phenoxy) is 3. The van der Waals surface area contributed by atoms with E-state index in [-0.39, 0.29) is 77.2 Å². The Kier molecular flexibility index (Phi) is 28.8. The van der Waals surface area contributed by atoms with Crippen molar-refractivity contribution >= 4 is 111 Å². The summed E-state index contributed by atoms with van der Waals surface area (Å²) < 4.78 is 39.0. The minimum absolute atomic E-state index is 0.0577. The van der Waals surface area contributed by atoms with E-state index in [1.807, 2.05) is 146 Å². The summed E-state index contributed by atoms with van der Waals surface area (Å²) in [6.07, 6.45) is 19.4. The zero-order chi connectivity index (χ0) is 94.1. The third-order valence-electron chi connectivity index (χ3n) is 26.8. The summed E-state index contributed by atoms with van der Waals surface area (Å²) in [5, 5.41) is 73.4. The summed E-state index contributed by atoms with van der Waals surface area (Å²) in [7, 11) is 0. The number of fused-ring (bicyclic) bond motifs is 12. The van der Waals surface area contributed by atoms with Gasteiger partial charge in [0.1, 0.15) is 99.4 Å². The average molecular weight is 1830 g/mol. The van der Waals surface area contributed by atoms with E-state index in [1.54, 1.807) is 56.5 Å². The minimum atomic E-state index is -1.08. The van der Waals surface area contributed by atoms with Crippen LogP contribution in [0.3, 0.4) is 0 Å². The van der Waals surface area contributed by atoms with Crippen molar-refractivity contribution < 1.29 is 81.7 Å². The zero-order valence-electron chi connectivity index (χ0n) is 76.3. The third-order valence-corrected chi connectivity index (χ3v) is 26.8. The lowest BCUT2D eigenvalue weighted by Gasteiger charge is -2.41. The van der Waals surface area contributed by atoms with Crippen molar-refractivity contribution in [2.45, 2.75) is 71.8 Å². The fourth-order valence-corrected chi connectivity index (χ4v) is 20.0. The summed E-state index contributed by atoms with van der Waals surface area (Å²) in [5.41, 5.74) is 14.7. The van der Waals surface area contributed by atoms with Gasteiger partial charge in [-0.2, -0.15) is 0 Å². The van der Waals surface area contributed by atoms with Crippen LogP contribution in [0.25, 0.3) is 87.0 Å². The van der Waals surface area contributed by atoms with Crippen molar-refractivity contribution in [2.75, 3.05) is 144 Å². The summed E-state index contributed by atoms with van der Waals surface area (Å²) in [5.74, 6) is -2.34. The van der Waals surface area contributed by atoms with Crippen LogP contribution in [0.1, 0.15) is 152 Å². The highest BCUT2D eigenvalue weighted by atomic mass is 16.6. The number of furan rings is 4. The smallest absolute Gasteiger partial charge is 0.344 e. The minimum Gasteiger partial charge on any atom is -0.507 e. The molecule has 4 aliphatic heterocycles. The molecule has 0 radical (unpaired) electrons. The molecular formula is C105H111N13O17. The number of aliphatic hydroxyl groups excluding tert-OH is 1. The number of carboxylic acid groups (broad SMARTS) is 1. The van der Waals surface area contributed by atoms with E-state index in [2.05, 4.69) is 93.8 Å². The van der Waals surface area contributed by atoms with E-state index >= 15 is 0 Å². The number of benzene rings is 8. The van der Waals surface area contributed by atoms with Gasteiger partial charge in [-0.3, -0.25) is 50.2 Å². The van der Waals surface area contributed by atoms with Gasteiger partial charge in [-0.15, -0.1) is 0 Å². The molecule has 4 unspecified atom stereocenters. The van der Waals surface area contributed by atoms with Gasteiger partial charge in [0.15, 0.2) is 6.79 Å². The van der Waals surface area contributed by atoms with Gasteiger partial charge in [-0.05, 0) is 111 Å². The van der Waals surface area contributed by atoms with Crippen molar-refractivity contribution in [1.82, 2.24) is 59.1 Å². The molecule has 0 spiro atoms. The molecule has 8 N–H and O–H groups in total. The van der Waals surface area contributed by atoms with Gasteiger partial charge in [-0.1, -0.05) is 118 Å². The van der Waals surface area contributed by atoms with Crippen LogP contribution in [0.5, 0.6) is 23.0 Å². The van der Waals surface area contributed by atoms with E-state index in [0.717, 1.165) is 157 Å². The molecule has 8 aromatic heterocycles. The van der Waals surface area contributed by atoms with Crippen molar-refractivity contribution in [3.05, 3.63) is 287 Å². The number of likely N-dealkylation sites (N-methyl/N-ethyl adjacent to an activating group) is 3. The summed E-state index contributed by atoms with van der Waals surface area (Å²) >= 11 is 0. The number of piperazine rings is 4. The molecular weight excluding hydrogens is 1720 g/mol. The second kappa shape index (κ2) is 41.8. The molecule has 698 valence electrons. The number of hydrogen-bond acceptors (Lipinski definition) is 29. The monoisotopic (exact) mass is 1830 g/mol. The molecule has 20 rings (SSSR count). The molecule has 4 fully saturated rings. The number of aliphatic hydroxyl groups is 1. The lowest BCUT2D eigenvalue weighted by Crippen LogP contribution is -2.50. The van der Waals surface area contributed by atoms with E-state index in [9.17, 15) is 49.8 Å². The first-order valence-corrected chi connectivity index (χ1v) is 46.0. The van der Waals surface area contributed by atoms with Gasteiger partial charge in [-0.25, -0.2) is 19.2 Å². The predicted molar refractivity (Wildman–Crippen MR) is 515 cm³/mol. The van der Waals surface area contributed by atoms with Gasteiger partial charge in [0.2, 0.25) is 0 Å². The van der Waals surface area contributed by atoms with Crippen LogP contribution in [-0.2, 0) is 14.2 Å². The molecule has 0 aliphatic carbocycles. The zero-order valence-corrected chi connectivity index (χ0v) is 76.3. The Balaban J connectivity index is 0.000000125. The van der Waals surface area contributed by atoms with E-state index in [0.29, 0.717) is 110 Å². The van der Waals surface area contributed by atoms with Crippen LogP contribution in [-0.4, -0.2) is 264 Å². The van der Waals surface area contributed by atoms with Crippen LogP contribution >= 0.6 is 0 Å². The fourth-order valence-electron chi connectivity index (χ4n) is 20.0. The molecule has 0 saturated carbocycles. The number of phenols is 4. The standard InChI is InChI=1S/C28H31N3O4.C26H28N4O4.C26H27N3O5.C25H25N3O4/c1-4-34-28(33)22-17-35-27-21-8-6-5-7-20(21)26(32)24(23(22)27)25(19-9-11-29-12-10-19)31-15-13-30(14-16-31)18(2)3;1-2-29-11-13-30(14-12-29)23(17-7-9-28-10-8-17)22-21-20(26(32)34-16-27)15-33-25(21)19-6-4-3-5-18(19)24(22)31;1-2-28-11-13-29(14-12-28)23(17-7-9-27-10-8-17)22-21-20(26(32)34-16-30)15-33-25(21)19-6-4-3-5-18(19)24(22)31;1-2-27-11-13-28(14-12-27)22(16-7-9-26-10-8-16)21-20-19(25(30)31)15-32-24(20)18-6-4-3-5-17(18)23(21)29/h5-12,17-18,25,32H,4,13-16H2,1-3H3;3-10,15,23,31H,2,11-14,16,27H2,1H3;3-10,15,23,30-31H,2,11-14,16H2,1H3;3-10,15,22,29H,2,11-14H2,1H3,(H,30,31). The fraction of sp³-hybridized carbons (Fsp3) is 0.314. The summed E-state index contributed by atoms with van der Waals surface area (Å²) in [6.45, 7) is 28.7. The number of phenolic OH excluding ortho intramolecular Hbond substituents is 4. The van der Waals surface area contributed by atoms with Crippen molar-refractivity contribution in [3.63, 3.8) is 0 Å². The van der Waals surface area contributed by atoms with Crippen LogP contribution in [0, 0.1) is 0 Å².